The standard InChI is InChI=1S/C15H21ClFNO/c16-14-11-13(7-8-15(14)17)19-10-9-18-12-5-3-1-2-4-6-12/h7-8,11-12,18H,1-6,9-10H2. The van der Waals surface area contributed by atoms with Crippen LogP contribution in [0.2, 0.25) is 5.02 Å². The number of hydrogen-bond donors (Lipinski definition) is 1. The number of rotatable bonds is 5. The van der Waals surface area contributed by atoms with Gasteiger partial charge in [-0.2, -0.15) is 0 Å². The maximum Gasteiger partial charge on any atom is 0.142 e. The van der Waals surface area contributed by atoms with E-state index in [0.29, 0.717) is 18.4 Å². The smallest absolute Gasteiger partial charge is 0.142 e. The molecule has 106 valence electrons. The summed E-state index contributed by atoms with van der Waals surface area (Å²) in [6, 6.07) is 5.08. The third kappa shape index (κ3) is 5.00. The molecule has 0 spiro atoms. The van der Waals surface area contributed by atoms with E-state index in [1.165, 1.54) is 50.7 Å². The van der Waals surface area contributed by atoms with Crippen LogP contribution < -0.4 is 10.1 Å². The minimum absolute atomic E-state index is 0.106. The summed E-state index contributed by atoms with van der Waals surface area (Å²) in [4.78, 5) is 0. The molecule has 2 nitrogen and oxygen atoms in total. The first-order valence-corrected chi connectivity index (χ1v) is 7.45. The van der Waals surface area contributed by atoms with Gasteiger partial charge in [-0.3, -0.25) is 0 Å². The summed E-state index contributed by atoms with van der Waals surface area (Å²) in [5, 5.41) is 3.63. The van der Waals surface area contributed by atoms with Crippen molar-refractivity contribution in [2.75, 3.05) is 13.2 Å². The molecule has 19 heavy (non-hydrogen) atoms. The minimum atomic E-state index is -0.411. The van der Waals surface area contributed by atoms with E-state index in [2.05, 4.69) is 5.32 Å². The van der Waals surface area contributed by atoms with Crippen LogP contribution in [0.25, 0.3) is 0 Å². The molecule has 1 aromatic carbocycles. The molecule has 1 aliphatic rings. The van der Waals surface area contributed by atoms with E-state index in [4.69, 9.17) is 16.3 Å². The highest BCUT2D eigenvalue weighted by Crippen LogP contribution is 2.21. The van der Waals surface area contributed by atoms with E-state index in [9.17, 15) is 4.39 Å². The van der Waals surface area contributed by atoms with E-state index < -0.39 is 5.82 Å². The van der Waals surface area contributed by atoms with E-state index >= 15 is 0 Å². The van der Waals surface area contributed by atoms with E-state index in [1.54, 1.807) is 6.07 Å². The Morgan fingerprint density at radius 1 is 1.21 bits per heavy atom. The van der Waals surface area contributed by atoms with Gasteiger partial charge in [-0.05, 0) is 25.0 Å². The van der Waals surface area contributed by atoms with Gasteiger partial charge in [0.25, 0.3) is 0 Å². The summed E-state index contributed by atoms with van der Waals surface area (Å²) >= 11 is 5.70. The van der Waals surface area contributed by atoms with E-state index in [0.717, 1.165) is 6.54 Å². The summed E-state index contributed by atoms with van der Waals surface area (Å²) in [5.41, 5.74) is 0. The second-order valence-electron chi connectivity index (χ2n) is 5.07. The Kier molecular flexibility index (Phi) is 5.93. The van der Waals surface area contributed by atoms with Crippen LogP contribution in [0, 0.1) is 5.82 Å². The Hall–Kier alpha value is -0.800. The average Bonchev–Trinajstić information content (AvgIpc) is 2.67. The first-order chi connectivity index (χ1) is 9.25. The summed E-state index contributed by atoms with van der Waals surface area (Å²) in [5.74, 6) is 0.208. The molecule has 0 aliphatic heterocycles. The Labute approximate surface area is 119 Å². The van der Waals surface area contributed by atoms with Gasteiger partial charge in [-0.1, -0.05) is 37.3 Å². The van der Waals surface area contributed by atoms with Crippen molar-refractivity contribution in [1.82, 2.24) is 5.32 Å². The molecule has 1 aliphatic carbocycles. The lowest BCUT2D eigenvalue weighted by atomic mass is 10.1. The summed E-state index contributed by atoms with van der Waals surface area (Å²) in [6.07, 6.45) is 7.91. The molecule has 0 bridgehead atoms. The second-order valence-corrected chi connectivity index (χ2v) is 5.47. The third-order valence-corrected chi connectivity index (χ3v) is 3.84. The van der Waals surface area contributed by atoms with Gasteiger partial charge in [0.05, 0.1) is 5.02 Å². The van der Waals surface area contributed by atoms with Crippen LogP contribution in [-0.2, 0) is 0 Å². The van der Waals surface area contributed by atoms with Crippen LogP contribution in [0.3, 0.4) is 0 Å². The lowest BCUT2D eigenvalue weighted by Gasteiger charge is -2.16. The molecule has 0 radical (unpaired) electrons. The van der Waals surface area contributed by atoms with Crippen molar-refractivity contribution in [3.63, 3.8) is 0 Å². The number of halogens is 2. The van der Waals surface area contributed by atoms with Gasteiger partial charge in [0, 0.05) is 18.7 Å². The van der Waals surface area contributed by atoms with Crippen molar-refractivity contribution in [2.24, 2.45) is 0 Å². The Morgan fingerprint density at radius 3 is 2.63 bits per heavy atom. The zero-order chi connectivity index (χ0) is 13.5. The van der Waals surface area contributed by atoms with Gasteiger partial charge in [0.15, 0.2) is 0 Å². The fourth-order valence-electron chi connectivity index (χ4n) is 2.48. The van der Waals surface area contributed by atoms with Crippen LogP contribution in [0.15, 0.2) is 18.2 Å². The number of hydrogen-bond acceptors (Lipinski definition) is 2. The van der Waals surface area contributed by atoms with Crippen LogP contribution in [0.4, 0.5) is 4.39 Å². The SMILES string of the molecule is Fc1ccc(OCCNC2CCCCCC2)cc1Cl. The van der Waals surface area contributed by atoms with Gasteiger partial charge in [0.2, 0.25) is 0 Å². The normalized spacial score (nSPS) is 17.2. The van der Waals surface area contributed by atoms with Crippen molar-refractivity contribution in [1.29, 1.82) is 0 Å². The zero-order valence-electron chi connectivity index (χ0n) is 11.1. The van der Waals surface area contributed by atoms with Gasteiger partial charge in [0.1, 0.15) is 18.2 Å². The van der Waals surface area contributed by atoms with E-state index in [1.807, 2.05) is 0 Å². The fourth-order valence-corrected chi connectivity index (χ4v) is 2.65. The van der Waals surface area contributed by atoms with Gasteiger partial charge in [-0.25, -0.2) is 4.39 Å². The maximum absolute atomic E-state index is 13.0. The fraction of sp³-hybridized carbons (Fsp3) is 0.600. The molecule has 0 unspecified atom stereocenters. The van der Waals surface area contributed by atoms with Crippen LogP contribution in [-0.4, -0.2) is 19.2 Å². The molecule has 1 N–H and O–H groups in total. The number of ether oxygens (including phenoxy) is 1. The van der Waals surface area contributed by atoms with Gasteiger partial charge >= 0.3 is 0 Å². The van der Waals surface area contributed by atoms with Crippen molar-refractivity contribution in [3.8, 4) is 5.75 Å². The zero-order valence-corrected chi connectivity index (χ0v) is 11.9. The van der Waals surface area contributed by atoms with Crippen molar-refractivity contribution in [2.45, 2.75) is 44.6 Å². The summed E-state index contributed by atoms with van der Waals surface area (Å²) < 4.78 is 18.5. The highest BCUT2D eigenvalue weighted by molar-refractivity contribution is 6.30. The first-order valence-electron chi connectivity index (χ1n) is 7.07. The molecular weight excluding hydrogens is 265 g/mol. The quantitative estimate of drug-likeness (QED) is 0.647. The second kappa shape index (κ2) is 7.71. The van der Waals surface area contributed by atoms with Crippen LogP contribution in [0.1, 0.15) is 38.5 Å². The maximum atomic E-state index is 13.0. The molecule has 2 rings (SSSR count). The minimum Gasteiger partial charge on any atom is -0.492 e. The molecule has 0 atom stereocenters. The van der Waals surface area contributed by atoms with Crippen LogP contribution in [0.5, 0.6) is 5.75 Å². The average molecular weight is 286 g/mol. The van der Waals surface area contributed by atoms with Crippen LogP contribution >= 0.6 is 11.6 Å². The molecule has 0 aromatic heterocycles. The third-order valence-electron chi connectivity index (χ3n) is 3.55. The highest BCUT2D eigenvalue weighted by atomic mass is 35.5. The topological polar surface area (TPSA) is 21.3 Å². The van der Waals surface area contributed by atoms with Gasteiger partial charge in [-0.15, -0.1) is 0 Å². The van der Waals surface area contributed by atoms with Gasteiger partial charge < -0.3 is 10.1 Å². The molecular formula is C15H21ClFNO. The highest BCUT2D eigenvalue weighted by Gasteiger charge is 2.10. The molecule has 0 amide bonds. The predicted octanol–water partition coefficient (Wildman–Crippen LogP) is 4.17. The largest absolute Gasteiger partial charge is 0.492 e. The molecule has 1 aromatic rings. The Balaban J connectivity index is 1.67. The monoisotopic (exact) mass is 285 g/mol. The predicted molar refractivity (Wildman–Crippen MR) is 76.4 cm³/mol. The lowest BCUT2D eigenvalue weighted by Crippen LogP contribution is -2.32. The molecule has 1 fully saturated rings. The number of nitrogens with one attached hydrogen (secondary N) is 1. The number of benzene rings is 1. The van der Waals surface area contributed by atoms with E-state index in [-0.39, 0.29) is 5.02 Å². The van der Waals surface area contributed by atoms with Crippen molar-refractivity contribution in [3.05, 3.63) is 29.0 Å². The van der Waals surface area contributed by atoms with Crippen molar-refractivity contribution >= 4 is 11.6 Å². The Morgan fingerprint density at radius 2 is 1.95 bits per heavy atom. The molecule has 0 heterocycles. The summed E-state index contributed by atoms with van der Waals surface area (Å²) in [7, 11) is 0. The molecule has 4 heteroatoms. The molecule has 1 saturated carbocycles. The Bertz CT molecular complexity index is 392. The molecule has 0 saturated heterocycles. The summed E-state index contributed by atoms with van der Waals surface area (Å²) in [6.45, 7) is 1.40. The lowest BCUT2D eigenvalue weighted by molar-refractivity contribution is 0.300. The first kappa shape index (κ1) is 14.6. The van der Waals surface area contributed by atoms with Crippen molar-refractivity contribution < 1.29 is 9.13 Å².